The van der Waals surface area contributed by atoms with Gasteiger partial charge < -0.3 is 4.74 Å². The van der Waals surface area contributed by atoms with Crippen molar-refractivity contribution in [2.24, 2.45) is 34.5 Å². The summed E-state index contributed by atoms with van der Waals surface area (Å²) in [6, 6.07) is 0. The van der Waals surface area contributed by atoms with E-state index in [4.69, 9.17) is 4.74 Å². The Bertz CT molecular complexity index is 765. The SMILES string of the molecule is CCCCC1CC(=O)[C@@]2(C)CC[C@@H]3[C@@H](CCC4=C(OC(C)=O)C(=O)CC[C@@]43C)[C@H]12. The van der Waals surface area contributed by atoms with Crippen LogP contribution < -0.4 is 0 Å². The number of fused-ring (bicyclic) bond motifs is 5. The van der Waals surface area contributed by atoms with E-state index in [1.807, 2.05) is 0 Å². The molecule has 0 spiro atoms. The van der Waals surface area contributed by atoms with E-state index in [0.29, 0.717) is 41.6 Å². The molecule has 160 valence electrons. The van der Waals surface area contributed by atoms with Crippen molar-refractivity contribution >= 4 is 17.5 Å². The minimum atomic E-state index is -0.399. The minimum Gasteiger partial charge on any atom is -0.423 e. The molecule has 0 aromatic rings. The van der Waals surface area contributed by atoms with Gasteiger partial charge in [0.2, 0.25) is 0 Å². The summed E-state index contributed by atoms with van der Waals surface area (Å²) in [4.78, 5) is 37.2. The molecule has 4 aliphatic carbocycles. The highest BCUT2D eigenvalue weighted by atomic mass is 16.5. The normalized spacial score (nSPS) is 41.7. The molecule has 0 bridgehead atoms. The number of rotatable bonds is 4. The third-order valence-electron chi connectivity index (χ3n) is 9.09. The van der Waals surface area contributed by atoms with Crippen molar-refractivity contribution in [1.82, 2.24) is 0 Å². The average Bonchev–Trinajstić information content (AvgIpc) is 2.93. The number of ether oxygens (including phenoxy) is 1. The first-order valence-electron chi connectivity index (χ1n) is 11.7. The molecule has 29 heavy (non-hydrogen) atoms. The fourth-order valence-electron chi connectivity index (χ4n) is 7.72. The Kier molecular flexibility index (Phi) is 5.28. The Morgan fingerprint density at radius 2 is 1.86 bits per heavy atom. The number of ketones is 2. The molecule has 0 N–H and O–H groups in total. The second-order valence-corrected chi connectivity index (χ2v) is 10.6. The lowest BCUT2D eigenvalue weighted by molar-refractivity contribution is -0.143. The molecule has 4 heteroatoms. The molecule has 0 aromatic carbocycles. The van der Waals surface area contributed by atoms with Gasteiger partial charge in [-0.3, -0.25) is 14.4 Å². The van der Waals surface area contributed by atoms with E-state index >= 15 is 0 Å². The largest absolute Gasteiger partial charge is 0.423 e. The van der Waals surface area contributed by atoms with Gasteiger partial charge in [-0.15, -0.1) is 0 Å². The number of Topliss-reactive ketones (excluding diaryl/α,β-unsaturated/α-hetero) is 2. The maximum atomic E-state index is 13.0. The molecule has 0 amide bonds. The van der Waals surface area contributed by atoms with Crippen LogP contribution in [0.1, 0.15) is 91.9 Å². The topological polar surface area (TPSA) is 60.4 Å². The van der Waals surface area contributed by atoms with E-state index in [2.05, 4.69) is 20.8 Å². The Morgan fingerprint density at radius 3 is 2.55 bits per heavy atom. The predicted molar refractivity (Wildman–Crippen MR) is 111 cm³/mol. The molecule has 0 aliphatic heterocycles. The maximum Gasteiger partial charge on any atom is 0.308 e. The highest BCUT2D eigenvalue weighted by Crippen LogP contribution is 2.66. The van der Waals surface area contributed by atoms with Crippen molar-refractivity contribution < 1.29 is 19.1 Å². The molecule has 0 aromatic heterocycles. The fraction of sp³-hybridized carbons (Fsp3) is 0.800. The van der Waals surface area contributed by atoms with Crippen molar-refractivity contribution in [3.05, 3.63) is 11.3 Å². The molecule has 3 fully saturated rings. The highest BCUT2D eigenvalue weighted by Gasteiger charge is 2.62. The van der Waals surface area contributed by atoms with E-state index in [1.54, 1.807) is 0 Å². The summed E-state index contributed by atoms with van der Waals surface area (Å²) in [6.07, 6.45) is 9.50. The van der Waals surface area contributed by atoms with Crippen molar-refractivity contribution in [3.8, 4) is 0 Å². The average molecular weight is 401 g/mol. The number of unbranched alkanes of at least 4 members (excludes halogenated alkanes) is 1. The Balaban J connectivity index is 1.70. The lowest BCUT2D eigenvalue weighted by Gasteiger charge is -2.57. The van der Waals surface area contributed by atoms with Crippen LogP contribution in [0.15, 0.2) is 11.3 Å². The standard InChI is InChI=1S/C25H36O4/c1-5-6-7-16-14-21(28)25(4)12-10-18-17(22(16)25)8-9-19-23(29-15(2)26)20(27)11-13-24(18,19)3/h16-18,22H,5-14H2,1-4H3/t16?,17-,18-,22+,24-,25-/m1/s1. The third-order valence-corrected chi connectivity index (χ3v) is 9.09. The van der Waals surface area contributed by atoms with Crippen LogP contribution in [-0.4, -0.2) is 17.5 Å². The molecule has 0 radical (unpaired) electrons. The van der Waals surface area contributed by atoms with Gasteiger partial charge >= 0.3 is 5.97 Å². The Hall–Kier alpha value is -1.45. The van der Waals surface area contributed by atoms with Crippen LogP contribution in [-0.2, 0) is 19.1 Å². The molecular weight excluding hydrogens is 364 g/mol. The van der Waals surface area contributed by atoms with Crippen LogP contribution in [0.25, 0.3) is 0 Å². The van der Waals surface area contributed by atoms with Gasteiger partial charge in [0.25, 0.3) is 0 Å². The number of hydrogen-bond donors (Lipinski definition) is 0. The van der Waals surface area contributed by atoms with E-state index in [9.17, 15) is 14.4 Å². The van der Waals surface area contributed by atoms with Gasteiger partial charge in [-0.05, 0) is 73.2 Å². The molecule has 4 rings (SSSR count). The summed E-state index contributed by atoms with van der Waals surface area (Å²) in [5, 5.41) is 0. The summed E-state index contributed by atoms with van der Waals surface area (Å²) in [5.74, 6) is 2.46. The number of allylic oxidation sites excluding steroid dienone is 1. The molecule has 0 heterocycles. The van der Waals surface area contributed by atoms with Crippen molar-refractivity contribution in [2.75, 3.05) is 0 Å². The zero-order valence-electron chi connectivity index (χ0n) is 18.5. The van der Waals surface area contributed by atoms with E-state index in [-0.39, 0.29) is 16.6 Å². The van der Waals surface area contributed by atoms with E-state index < -0.39 is 5.97 Å². The second-order valence-electron chi connectivity index (χ2n) is 10.6. The molecule has 6 atom stereocenters. The van der Waals surface area contributed by atoms with Gasteiger partial charge in [0.15, 0.2) is 11.5 Å². The molecule has 4 aliphatic rings. The first kappa shape index (κ1) is 20.8. The van der Waals surface area contributed by atoms with Crippen LogP contribution in [0.5, 0.6) is 0 Å². The monoisotopic (exact) mass is 400 g/mol. The summed E-state index contributed by atoms with van der Waals surface area (Å²) in [7, 11) is 0. The minimum absolute atomic E-state index is 0.0105. The number of esters is 1. The van der Waals surface area contributed by atoms with Gasteiger partial charge in [0.1, 0.15) is 5.78 Å². The predicted octanol–water partition coefficient (Wildman–Crippen LogP) is 5.39. The summed E-state index contributed by atoms with van der Waals surface area (Å²) < 4.78 is 5.45. The zero-order valence-corrected chi connectivity index (χ0v) is 18.5. The lowest BCUT2D eigenvalue weighted by atomic mass is 9.46. The van der Waals surface area contributed by atoms with Gasteiger partial charge in [0.05, 0.1) is 0 Å². The van der Waals surface area contributed by atoms with Crippen LogP contribution in [0, 0.1) is 34.5 Å². The number of carbonyl (C=O) groups excluding carboxylic acids is 3. The molecule has 4 nitrogen and oxygen atoms in total. The van der Waals surface area contributed by atoms with Crippen LogP contribution in [0.4, 0.5) is 0 Å². The summed E-state index contributed by atoms with van der Waals surface area (Å²) in [6.45, 7) is 8.15. The Labute approximate surface area is 174 Å². The third kappa shape index (κ3) is 3.13. The molecular formula is C25H36O4. The van der Waals surface area contributed by atoms with Gasteiger partial charge in [0, 0.05) is 25.2 Å². The van der Waals surface area contributed by atoms with E-state index in [1.165, 1.54) is 26.2 Å². The Morgan fingerprint density at radius 1 is 1.10 bits per heavy atom. The van der Waals surface area contributed by atoms with Crippen molar-refractivity contribution in [1.29, 1.82) is 0 Å². The molecule has 1 unspecified atom stereocenters. The van der Waals surface area contributed by atoms with Gasteiger partial charge in [-0.25, -0.2) is 0 Å². The van der Waals surface area contributed by atoms with Crippen LogP contribution in [0.2, 0.25) is 0 Å². The van der Waals surface area contributed by atoms with Gasteiger partial charge in [-0.1, -0.05) is 33.6 Å². The first-order chi connectivity index (χ1) is 13.7. The summed E-state index contributed by atoms with van der Waals surface area (Å²) in [5.41, 5.74) is 0.854. The summed E-state index contributed by atoms with van der Waals surface area (Å²) >= 11 is 0. The maximum absolute atomic E-state index is 13.0. The van der Waals surface area contributed by atoms with E-state index in [0.717, 1.165) is 44.1 Å². The second kappa shape index (κ2) is 7.35. The van der Waals surface area contributed by atoms with Crippen LogP contribution >= 0.6 is 0 Å². The highest BCUT2D eigenvalue weighted by molar-refractivity contribution is 5.97. The number of carbonyl (C=O) groups is 3. The smallest absolute Gasteiger partial charge is 0.308 e. The lowest BCUT2D eigenvalue weighted by Crippen LogP contribution is -2.52. The number of hydrogen-bond acceptors (Lipinski definition) is 4. The van der Waals surface area contributed by atoms with Crippen molar-refractivity contribution in [2.45, 2.75) is 91.9 Å². The van der Waals surface area contributed by atoms with Gasteiger partial charge in [-0.2, -0.15) is 0 Å². The zero-order chi connectivity index (χ0) is 21.0. The van der Waals surface area contributed by atoms with Crippen molar-refractivity contribution in [3.63, 3.8) is 0 Å². The first-order valence-corrected chi connectivity index (χ1v) is 11.7. The fourth-order valence-corrected chi connectivity index (χ4v) is 7.72. The van der Waals surface area contributed by atoms with Crippen LogP contribution in [0.3, 0.4) is 0 Å². The molecule has 0 saturated heterocycles. The molecule has 3 saturated carbocycles. The quantitative estimate of drug-likeness (QED) is 0.593.